The molecule has 0 amide bonds. The second-order valence-corrected chi connectivity index (χ2v) is 5.98. The molecule has 0 aromatic heterocycles. The van der Waals surface area contributed by atoms with E-state index in [1.54, 1.807) is 31.2 Å². The molecule has 0 aliphatic heterocycles. The Kier molecular flexibility index (Phi) is 6.28. The van der Waals surface area contributed by atoms with Crippen molar-refractivity contribution in [1.29, 1.82) is 0 Å². The van der Waals surface area contributed by atoms with Crippen LogP contribution in [0.4, 0.5) is 0 Å². The molecule has 0 bridgehead atoms. The first-order valence-corrected chi connectivity index (χ1v) is 7.83. The quantitative estimate of drug-likeness (QED) is 0.785. The third kappa shape index (κ3) is 5.43. The molecule has 2 rings (SSSR count). The molecule has 1 unspecified atom stereocenters. The van der Waals surface area contributed by atoms with E-state index in [0.717, 1.165) is 11.1 Å². The Hall–Kier alpha value is -1.75. The fourth-order valence-corrected chi connectivity index (χ4v) is 2.37. The molecule has 0 saturated heterocycles. The molecular formula is C17H17Cl2NO3. The summed E-state index contributed by atoms with van der Waals surface area (Å²) in [7, 11) is 0. The molecule has 0 saturated carbocycles. The van der Waals surface area contributed by atoms with E-state index in [2.05, 4.69) is 5.32 Å². The summed E-state index contributed by atoms with van der Waals surface area (Å²) in [5.74, 6) is -0.257. The van der Waals surface area contributed by atoms with E-state index in [4.69, 9.17) is 33.0 Å². The third-order valence-electron chi connectivity index (χ3n) is 3.28. The minimum atomic E-state index is -0.909. The molecular weight excluding hydrogens is 337 g/mol. The van der Waals surface area contributed by atoms with Gasteiger partial charge in [0.25, 0.3) is 0 Å². The lowest BCUT2D eigenvalue weighted by Crippen LogP contribution is -2.33. The largest absolute Gasteiger partial charge is 0.489 e. The summed E-state index contributed by atoms with van der Waals surface area (Å²) in [6.07, 6.45) is 0. The van der Waals surface area contributed by atoms with Crippen molar-refractivity contribution in [2.45, 2.75) is 26.1 Å². The molecule has 0 aliphatic rings. The maximum Gasteiger partial charge on any atom is 0.320 e. The molecule has 2 aromatic carbocycles. The van der Waals surface area contributed by atoms with Crippen LogP contribution in [-0.2, 0) is 17.9 Å². The minimum absolute atomic E-state index is 0.346. The highest BCUT2D eigenvalue weighted by Crippen LogP contribution is 2.24. The Morgan fingerprint density at radius 2 is 1.96 bits per heavy atom. The molecule has 0 aliphatic carbocycles. The number of carboxylic acids is 1. The molecule has 23 heavy (non-hydrogen) atoms. The van der Waals surface area contributed by atoms with Gasteiger partial charge < -0.3 is 15.2 Å². The number of carboxylic acid groups (broad SMARTS) is 1. The van der Waals surface area contributed by atoms with Crippen LogP contribution in [0.5, 0.6) is 5.75 Å². The smallest absolute Gasteiger partial charge is 0.320 e. The fraction of sp³-hybridized carbons (Fsp3) is 0.235. The van der Waals surface area contributed by atoms with Gasteiger partial charge in [0, 0.05) is 22.2 Å². The van der Waals surface area contributed by atoms with Crippen molar-refractivity contribution in [2.24, 2.45) is 0 Å². The van der Waals surface area contributed by atoms with Crippen LogP contribution in [0.25, 0.3) is 0 Å². The van der Waals surface area contributed by atoms with Crippen LogP contribution in [0.3, 0.4) is 0 Å². The Bertz CT molecular complexity index is 691. The third-order valence-corrected chi connectivity index (χ3v) is 3.75. The lowest BCUT2D eigenvalue weighted by molar-refractivity contribution is -0.139. The molecule has 2 N–H and O–H groups in total. The number of rotatable bonds is 7. The van der Waals surface area contributed by atoms with Gasteiger partial charge in [0.05, 0.1) is 0 Å². The summed E-state index contributed by atoms with van der Waals surface area (Å²) in [4.78, 5) is 10.9. The number of ether oxygens (including phenoxy) is 1. The number of hydrogen-bond donors (Lipinski definition) is 2. The van der Waals surface area contributed by atoms with Gasteiger partial charge in [-0.2, -0.15) is 0 Å². The molecule has 0 spiro atoms. The van der Waals surface area contributed by atoms with Crippen molar-refractivity contribution < 1.29 is 14.6 Å². The van der Waals surface area contributed by atoms with Gasteiger partial charge in [0.2, 0.25) is 0 Å². The van der Waals surface area contributed by atoms with Crippen molar-refractivity contribution in [1.82, 2.24) is 5.32 Å². The number of aliphatic carboxylic acids is 1. The summed E-state index contributed by atoms with van der Waals surface area (Å²) < 4.78 is 5.82. The lowest BCUT2D eigenvalue weighted by atomic mass is 10.2. The first kappa shape index (κ1) is 17.6. The van der Waals surface area contributed by atoms with Crippen LogP contribution in [0.2, 0.25) is 10.0 Å². The predicted octanol–water partition coefficient (Wildman–Crippen LogP) is 4.14. The summed E-state index contributed by atoms with van der Waals surface area (Å²) in [6.45, 7) is 2.29. The van der Waals surface area contributed by atoms with Crippen molar-refractivity contribution in [2.75, 3.05) is 0 Å². The summed E-state index contributed by atoms with van der Waals surface area (Å²) in [5.41, 5.74) is 1.75. The van der Waals surface area contributed by atoms with Crippen LogP contribution in [0, 0.1) is 0 Å². The molecule has 1 atom stereocenters. The van der Waals surface area contributed by atoms with E-state index < -0.39 is 12.0 Å². The van der Waals surface area contributed by atoms with E-state index in [0.29, 0.717) is 28.9 Å². The SMILES string of the molecule is CC(NCc1cc(Cl)ccc1OCc1cccc(Cl)c1)C(=O)O. The molecule has 4 nitrogen and oxygen atoms in total. The molecule has 0 heterocycles. The maximum atomic E-state index is 10.9. The summed E-state index contributed by atoms with van der Waals surface area (Å²) in [5, 5.41) is 13.1. The lowest BCUT2D eigenvalue weighted by Gasteiger charge is -2.14. The Balaban J connectivity index is 2.07. The average molecular weight is 354 g/mol. The van der Waals surface area contributed by atoms with E-state index in [-0.39, 0.29) is 0 Å². The van der Waals surface area contributed by atoms with Gasteiger partial charge in [0.15, 0.2) is 0 Å². The van der Waals surface area contributed by atoms with E-state index >= 15 is 0 Å². The van der Waals surface area contributed by atoms with Gasteiger partial charge in [-0.3, -0.25) is 4.79 Å². The normalized spacial score (nSPS) is 12.0. The number of nitrogens with one attached hydrogen (secondary N) is 1. The van der Waals surface area contributed by atoms with E-state index in [9.17, 15) is 4.79 Å². The average Bonchev–Trinajstić information content (AvgIpc) is 2.51. The molecule has 122 valence electrons. The Morgan fingerprint density at radius 1 is 1.22 bits per heavy atom. The van der Waals surface area contributed by atoms with Crippen LogP contribution in [0.1, 0.15) is 18.1 Å². The zero-order valence-corrected chi connectivity index (χ0v) is 14.1. The summed E-state index contributed by atoms with van der Waals surface area (Å²) in [6, 6.07) is 12.0. The van der Waals surface area contributed by atoms with Crippen LogP contribution in [-0.4, -0.2) is 17.1 Å². The molecule has 2 aromatic rings. The van der Waals surface area contributed by atoms with Crippen molar-refractivity contribution >= 4 is 29.2 Å². The molecule has 0 radical (unpaired) electrons. The van der Waals surface area contributed by atoms with Gasteiger partial charge in [-0.15, -0.1) is 0 Å². The summed E-state index contributed by atoms with van der Waals surface area (Å²) >= 11 is 12.0. The first-order valence-electron chi connectivity index (χ1n) is 7.07. The zero-order valence-electron chi connectivity index (χ0n) is 12.6. The first-order chi connectivity index (χ1) is 11.0. The predicted molar refractivity (Wildman–Crippen MR) is 91.2 cm³/mol. The van der Waals surface area contributed by atoms with E-state index in [1.807, 2.05) is 18.2 Å². The van der Waals surface area contributed by atoms with Crippen LogP contribution >= 0.6 is 23.2 Å². The molecule has 0 fully saturated rings. The van der Waals surface area contributed by atoms with Crippen molar-refractivity contribution in [3.63, 3.8) is 0 Å². The van der Waals surface area contributed by atoms with Crippen molar-refractivity contribution in [3.8, 4) is 5.75 Å². The van der Waals surface area contributed by atoms with E-state index in [1.165, 1.54) is 0 Å². The van der Waals surface area contributed by atoms with Crippen molar-refractivity contribution in [3.05, 3.63) is 63.6 Å². The maximum absolute atomic E-state index is 10.9. The minimum Gasteiger partial charge on any atom is -0.489 e. The van der Waals surface area contributed by atoms with Gasteiger partial charge in [-0.25, -0.2) is 0 Å². The second kappa shape index (κ2) is 8.20. The Labute approximate surface area is 145 Å². The number of carbonyl (C=O) groups is 1. The van der Waals surface area contributed by atoms with Gasteiger partial charge in [0.1, 0.15) is 18.4 Å². The monoisotopic (exact) mass is 353 g/mol. The standard InChI is InChI=1S/C17H17Cl2NO3/c1-11(17(21)22)20-9-13-8-15(19)5-6-16(13)23-10-12-3-2-4-14(18)7-12/h2-8,11,20H,9-10H2,1H3,(H,21,22). The van der Waals surface area contributed by atoms with Gasteiger partial charge >= 0.3 is 5.97 Å². The number of halogens is 2. The Morgan fingerprint density at radius 3 is 2.65 bits per heavy atom. The van der Waals surface area contributed by atoms with Gasteiger partial charge in [-0.1, -0.05) is 35.3 Å². The van der Waals surface area contributed by atoms with Gasteiger partial charge in [-0.05, 0) is 42.8 Å². The highest BCUT2D eigenvalue weighted by Gasteiger charge is 2.12. The topological polar surface area (TPSA) is 58.6 Å². The van der Waals surface area contributed by atoms with Crippen LogP contribution in [0.15, 0.2) is 42.5 Å². The zero-order chi connectivity index (χ0) is 16.8. The van der Waals surface area contributed by atoms with Crippen LogP contribution < -0.4 is 10.1 Å². The highest BCUT2D eigenvalue weighted by molar-refractivity contribution is 6.30. The number of benzene rings is 2. The highest BCUT2D eigenvalue weighted by atomic mass is 35.5. The molecule has 6 heteroatoms. The number of hydrogen-bond acceptors (Lipinski definition) is 3. The second-order valence-electron chi connectivity index (χ2n) is 5.11. The fourth-order valence-electron chi connectivity index (χ4n) is 1.97.